The number of nitrogens with zero attached hydrogens (tertiary/aromatic N) is 2. The maximum absolute atomic E-state index is 13.9. The maximum Gasteiger partial charge on any atom is 0.256 e. The van der Waals surface area contributed by atoms with Crippen LogP contribution in [0.4, 0.5) is 4.39 Å². The molecule has 0 aromatic heterocycles. The van der Waals surface area contributed by atoms with Gasteiger partial charge in [-0.3, -0.25) is 4.79 Å². The van der Waals surface area contributed by atoms with Crippen LogP contribution in [0.15, 0.2) is 18.2 Å². The van der Waals surface area contributed by atoms with E-state index < -0.39 is 11.7 Å². The van der Waals surface area contributed by atoms with Crippen molar-refractivity contribution < 1.29 is 9.18 Å². The van der Waals surface area contributed by atoms with Gasteiger partial charge in [0, 0.05) is 18.7 Å². The Labute approximate surface area is 118 Å². The van der Waals surface area contributed by atoms with E-state index in [1.54, 1.807) is 13.0 Å². The molecule has 0 aliphatic heterocycles. The Morgan fingerprint density at radius 3 is 2.80 bits per heavy atom. The topological polar surface area (TPSA) is 70.1 Å². The number of benzene rings is 1. The van der Waals surface area contributed by atoms with Gasteiger partial charge in [0.2, 0.25) is 0 Å². The number of rotatable bonds is 4. The average Bonchev–Trinajstić information content (AvgIpc) is 2.45. The Morgan fingerprint density at radius 1 is 1.50 bits per heavy atom. The normalized spacial score (nSPS) is 9.30. The lowest BCUT2D eigenvalue weighted by Crippen LogP contribution is -2.32. The molecule has 1 aromatic rings. The minimum absolute atomic E-state index is 0.0110. The van der Waals surface area contributed by atoms with Gasteiger partial charge in [0.25, 0.3) is 5.91 Å². The van der Waals surface area contributed by atoms with Gasteiger partial charge >= 0.3 is 0 Å². The first-order valence-electron chi connectivity index (χ1n) is 6.28. The zero-order chi connectivity index (χ0) is 15.0. The van der Waals surface area contributed by atoms with Crippen molar-refractivity contribution in [3.63, 3.8) is 0 Å². The van der Waals surface area contributed by atoms with Crippen molar-refractivity contribution in [2.45, 2.75) is 13.3 Å². The molecule has 0 saturated heterocycles. The van der Waals surface area contributed by atoms with Crippen LogP contribution < -0.4 is 5.73 Å². The van der Waals surface area contributed by atoms with E-state index in [0.717, 1.165) is 0 Å². The van der Waals surface area contributed by atoms with Gasteiger partial charge in [-0.2, -0.15) is 5.26 Å². The molecule has 2 N–H and O–H groups in total. The van der Waals surface area contributed by atoms with Crippen molar-refractivity contribution in [3.8, 4) is 17.9 Å². The minimum atomic E-state index is -0.616. The van der Waals surface area contributed by atoms with E-state index in [-0.39, 0.29) is 18.5 Å². The number of nitrogens with two attached hydrogens (primary N) is 1. The predicted molar refractivity (Wildman–Crippen MR) is 74.1 cm³/mol. The molecule has 0 fully saturated rings. The quantitative estimate of drug-likeness (QED) is 0.845. The standard InChI is InChI=1S/C15H16FN3O/c1-2-19(10-4-9-18)15(20)13-7-6-12(5-3-8-17)11-14(13)16/h6-7,11H,2,4,8,10,17H2,1H3. The molecule has 0 bridgehead atoms. The van der Waals surface area contributed by atoms with Crippen LogP contribution in [0, 0.1) is 29.0 Å². The first-order valence-corrected chi connectivity index (χ1v) is 6.28. The summed E-state index contributed by atoms with van der Waals surface area (Å²) >= 11 is 0. The van der Waals surface area contributed by atoms with E-state index in [1.165, 1.54) is 17.0 Å². The molecular weight excluding hydrogens is 257 g/mol. The van der Waals surface area contributed by atoms with Crippen molar-refractivity contribution >= 4 is 5.91 Å². The van der Waals surface area contributed by atoms with Gasteiger partial charge in [-0.15, -0.1) is 0 Å². The second-order valence-electron chi connectivity index (χ2n) is 3.99. The fourth-order valence-electron chi connectivity index (χ4n) is 1.68. The number of carbonyl (C=O) groups is 1. The molecule has 0 spiro atoms. The Bertz CT molecular complexity index is 581. The third-order valence-electron chi connectivity index (χ3n) is 2.70. The largest absolute Gasteiger partial charge is 0.338 e. The molecule has 20 heavy (non-hydrogen) atoms. The Kier molecular flexibility index (Phi) is 6.22. The fraction of sp³-hybridized carbons (Fsp3) is 0.333. The molecule has 104 valence electrons. The van der Waals surface area contributed by atoms with Crippen LogP contribution in [0.2, 0.25) is 0 Å². The lowest BCUT2D eigenvalue weighted by Gasteiger charge is -2.19. The number of hydrogen-bond donors (Lipinski definition) is 1. The van der Waals surface area contributed by atoms with Gasteiger partial charge in [-0.25, -0.2) is 4.39 Å². The summed E-state index contributed by atoms with van der Waals surface area (Å²) in [6.45, 7) is 2.70. The van der Waals surface area contributed by atoms with Crippen molar-refractivity contribution in [1.29, 1.82) is 5.26 Å². The molecule has 0 aliphatic rings. The van der Waals surface area contributed by atoms with Gasteiger partial charge in [0.15, 0.2) is 0 Å². The molecule has 1 aromatic carbocycles. The van der Waals surface area contributed by atoms with Crippen LogP contribution in [0.3, 0.4) is 0 Å². The average molecular weight is 273 g/mol. The zero-order valence-corrected chi connectivity index (χ0v) is 11.3. The van der Waals surface area contributed by atoms with Gasteiger partial charge in [0.05, 0.1) is 24.6 Å². The first kappa shape index (κ1) is 15.7. The van der Waals surface area contributed by atoms with Gasteiger partial charge in [-0.1, -0.05) is 11.8 Å². The molecule has 0 atom stereocenters. The summed E-state index contributed by atoms with van der Waals surface area (Å²) in [4.78, 5) is 13.6. The van der Waals surface area contributed by atoms with Crippen molar-refractivity contribution in [2.75, 3.05) is 19.6 Å². The van der Waals surface area contributed by atoms with E-state index in [1.807, 2.05) is 6.07 Å². The summed E-state index contributed by atoms with van der Waals surface area (Å²) in [5.74, 6) is 4.29. The molecule has 1 rings (SSSR count). The van der Waals surface area contributed by atoms with Gasteiger partial charge < -0.3 is 10.6 Å². The molecule has 1 amide bonds. The molecular formula is C15H16FN3O. The molecule has 0 heterocycles. The Morgan fingerprint density at radius 2 is 2.25 bits per heavy atom. The summed E-state index contributed by atoms with van der Waals surface area (Å²) in [6.07, 6.45) is 0.223. The van der Waals surface area contributed by atoms with Crippen LogP contribution in [0.25, 0.3) is 0 Å². The van der Waals surface area contributed by atoms with E-state index in [9.17, 15) is 9.18 Å². The van der Waals surface area contributed by atoms with Crippen molar-refractivity contribution in [3.05, 3.63) is 35.1 Å². The zero-order valence-electron chi connectivity index (χ0n) is 11.3. The summed E-state index contributed by atoms with van der Waals surface area (Å²) in [7, 11) is 0. The smallest absolute Gasteiger partial charge is 0.256 e. The number of carbonyl (C=O) groups excluding carboxylic acids is 1. The first-order chi connectivity index (χ1) is 9.63. The lowest BCUT2D eigenvalue weighted by molar-refractivity contribution is 0.0763. The van der Waals surface area contributed by atoms with E-state index in [2.05, 4.69) is 11.8 Å². The maximum atomic E-state index is 13.9. The minimum Gasteiger partial charge on any atom is -0.338 e. The van der Waals surface area contributed by atoms with Crippen LogP contribution in [0.1, 0.15) is 29.3 Å². The van der Waals surface area contributed by atoms with Crippen LogP contribution in [0.5, 0.6) is 0 Å². The Balaban J connectivity index is 2.96. The SMILES string of the molecule is CCN(CCC#N)C(=O)c1ccc(C#CCN)cc1F. The Hall–Kier alpha value is -2.37. The number of hydrogen-bond acceptors (Lipinski definition) is 3. The summed E-state index contributed by atoms with van der Waals surface area (Å²) in [6, 6.07) is 6.17. The predicted octanol–water partition coefficient (Wildman–Crippen LogP) is 1.51. The van der Waals surface area contributed by atoms with E-state index >= 15 is 0 Å². The van der Waals surface area contributed by atoms with Crippen LogP contribution in [-0.4, -0.2) is 30.4 Å². The molecule has 0 aliphatic carbocycles. The lowest BCUT2D eigenvalue weighted by atomic mass is 10.1. The highest BCUT2D eigenvalue weighted by Gasteiger charge is 2.17. The highest BCUT2D eigenvalue weighted by atomic mass is 19.1. The summed E-state index contributed by atoms with van der Waals surface area (Å²) in [5, 5.41) is 8.55. The number of amides is 1. The van der Waals surface area contributed by atoms with E-state index in [4.69, 9.17) is 11.0 Å². The fourth-order valence-corrected chi connectivity index (χ4v) is 1.68. The van der Waals surface area contributed by atoms with Crippen molar-refractivity contribution in [1.82, 2.24) is 4.90 Å². The third-order valence-corrected chi connectivity index (χ3v) is 2.70. The van der Waals surface area contributed by atoms with Crippen LogP contribution >= 0.6 is 0 Å². The summed E-state index contributed by atoms with van der Waals surface area (Å²) in [5.41, 5.74) is 5.71. The van der Waals surface area contributed by atoms with Crippen LogP contribution in [-0.2, 0) is 0 Å². The van der Waals surface area contributed by atoms with Gasteiger partial charge in [-0.05, 0) is 25.1 Å². The highest BCUT2D eigenvalue weighted by Crippen LogP contribution is 2.13. The highest BCUT2D eigenvalue weighted by molar-refractivity contribution is 5.94. The second kappa shape index (κ2) is 7.93. The molecule has 0 radical (unpaired) electrons. The van der Waals surface area contributed by atoms with Crippen molar-refractivity contribution in [2.24, 2.45) is 5.73 Å². The molecule has 0 saturated carbocycles. The number of nitriles is 1. The van der Waals surface area contributed by atoms with Gasteiger partial charge in [0.1, 0.15) is 5.82 Å². The second-order valence-corrected chi connectivity index (χ2v) is 3.99. The third kappa shape index (κ3) is 4.08. The molecule has 5 heteroatoms. The monoisotopic (exact) mass is 273 g/mol. The summed E-state index contributed by atoms with van der Waals surface area (Å²) < 4.78 is 13.9. The van der Waals surface area contributed by atoms with E-state index in [0.29, 0.717) is 18.7 Å². The number of halogens is 1. The molecule has 0 unspecified atom stereocenters. The molecule has 4 nitrogen and oxygen atoms in total.